The van der Waals surface area contributed by atoms with Crippen molar-refractivity contribution in [2.45, 2.75) is 171 Å². The van der Waals surface area contributed by atoms with E-state index >= 15 is 0 Å². The Labute approximate surface area is 498 Å². The number of aryl methyl sites for hydroxylation is 1. The van der Waals surface area contributed by atoms with E-state index in [9.17, 15) is 31.1 Å². The van der Waals surface area contributed by atoms with Gasteiger partial charge in [0.15, 0.2) is 0 Å². The number of piperidine rings is 4. The molecule has 4 aliphatic heterocycles. The Kier molecular flexibility index (Phi) is 22.6. The second kappa shape index (κ2) is 28.9. The summed E-state index contributed by atoms with van der Waals surface area (Å²) in [6.45, 7) is 17.6. The van der Waals surface area contributed by atoms with Crippen molar-refractivity contribution in [3.8, 4) is 11.5 Å². The van der Waals surface area contributed by atoms with Gasteiger partial charge in [0.2, 0.25) is 0 Å². The molecule has 4 atom stereocenters. The third-order valence-corrected chi connectivity index (χ3v) is 19.3. The van der Waals surface area contributed by atoms with Crippen LogP contribution in [0, 0.1) is 18.8 Å². The van der Waals surface area contributed by atoms with Crippen LogP contribution in [0.25, 0.3) is 0 Å². The minimum absolute atomic E-state index is 0.0366. The van der Waals surface area contributed by atoms with Crippen LogP contribution in [0.3, 0.4) is 0 Å². The number of hydrogen-bond acceptors (Lipinski definition) is 7. The first-order valence-corrected chi connectivity index (χ1v) is 31.8. The predicted octanol–water partition coefficient (Wildman–Crippen LogP) is 16.8. The van der Waals surface area contributed by atoms with Crippen molar-refractivity contribution < 1.29 is 45.3 Å². The molecule has 2 aliphatic carbocycles. The monoisotopic (exact) mass is 1230 g/mol. The van der Waals surface area contributed by atoms with Gasteiger partial charge in [-0.15, -0.1) is 0 Å². The second-order valence-corrected chi connectivity index (χ2v) is 26.3. The maximum Gasteiger partial charge on any atom is 0.416 e. The highest BCUT2D eigenvalue weighted by Crippen LogP contribution is 2.46. The number of carbonyl (C=O) groups excluding carboxylic acids is 1. The van der Waals surface area contributed by atoms with E-state index in [2.05, 4.69) is 74.0 Å². The SMILES string of the molecule is CC(C)(C)OC(=O)N1CCCC(C(CN2CCCCC2)Oc2ccc(C(F)(F)F)cc2)C1.Cc1ccc(C2(CBr)CCC2)cc1.FC(F)(F)c1ccc(OC(CN2CCCCC2)C2CCCN(CC3(c4ccc(Cl)cc4)CCC3)C2)cc1. The predicted molar refractivity (Wildman–Crippen MR) is 319 cm³/mol. The number of halogens is 8. The molecule has 4 aromatic rings. The number of likely N-dealkylation sites (tertiary alicyclic amines) is 4. The molecule has 0 aromatic heterocycles. The first-order chi connectivity index (χ1) is 39.1. The Morgan fingerprint density at radius 3 is 1.41 bits per heavy atom. The summed E-state index contributed by atoms with van der Waals surface area (Å²) in [6.07, 6.45) is 9.59. The van der Waals surface area contributed by atoms with Gasteiger partial charge in [0, 0.05) is 72.3 Å². The molecule has 6 aliphatic rings. The minimum atomic E-state index is -4.37. The number of benzene rings is 4. The highest BCUT2D eigenvalue weighted by Gasteiger charge is 2.43. The van der Waals surface area contributed by atoms with E-state index in [-0.39, 0.29) is 29.6 Å². The minimum Gasteiger partial charge on any atom is -0.489 e. The van der Waals surface area contributed by atoms with E-state index in [4.69, 9.17) is 25.8 Å². The van der Waals surface area contributed by atoms with Gasteiger partial charge < -0.3 is 24.0 Å². The highest BCUT2D eigenvalue weighted by atomic mass is 79.9. The zero-order valence-corrected chi connectivity index (χ0v) is 51.1. The maximum absolute atomic E-state index is 13.1. The van der Waals surface area contributed by atoms with E-state index in [0.717, 1.165) is 126 Å². The summed E-state index contributed by atoms with van der Waals surface area (Å²) in [4.78, 5) is 21.8. The molecule has 82 heavy (non-hydrogen) atoms. The van der Waals surface area contributed by atoms with Crippen LogP contribution >= 0.6 is 27.5 Å². The van der Waals surface area contributed by atoms with Gasteiger partial charge >= 0.3 is 18.4 Å². The van der Waals surface area contributed by atoms with Gasteiger partial charge in [0.05, 0.1) is 11.1 Å². The standard InChI is InChI=1S/C30H38ClF3N2O.C24H35F3N2O3.C12H15Br/c31-26-11-7-24(8-12-26)29(15-5-16-29)22-36-19-4-6-23(20-36)28(21-35-17-2-1-3-18-35)37-27-13-9-25(10-14-27)30(32,33)34;1-23(2,3)32-22(30)29-15-7-8-18(16-29)21(17-28-13-5-4-6-14-28)31-20-11-9-19(10-12-20)24(25,26)27;1-10-3-5-11(6-4-10)12(9-13)7-2-8-12/h7-14,23,28H,1-6,15-22H2;9-12,18,21H,4-8,13-17H2,1-3H3;3-6H,2,7-9H2,1H3. The lowest BCUT2D eigenvalue weighted by molar-refractivity contribution is -0.138. The summed E-state index contributed by atoms with van der Waals surface area (Å²) in [5, 5.41) is 1.89. The molecule has 0 spiro atoms. The lowest BCUT2D eigenvalue weighted by Crippen LogP contribution is -2.52. The third-order valence-electron chi connectivity index (χ3n) is 17.9. The average Bonchev–Trinajstić information content (AvgIpc) is 3.62. The van der Waals surface area contributed by atoms with Crippen molar-refractivity contribution in [1.29, 1.82) is 0 Å². The lowest BCUT2D eigenvalue weighted by atomic mass is 9.64. The molecular weight excluding hydrogens is 1140 g/mol. The largest absolute Gasteiger partial charge is 0.489 e. The van der Waals surface area contributed by atoms with Crippen LogP contribution in [-0.4, -0.2) is 121 Å². The molecule has 10 rings (SSSR count). The van der Waals surface area contributed by atoms with Crippen LogP contribution in [0.4, 0.5) is 31.1 Å². The molecule has 6 fully saturated rings. The molecule has 0 radical (unpaired) electrons. The van der Waals surface area contributed by atoms with Crippen molar-refractivity contribution in [2.24, 2.45) is 11.8 Å². The molecule has 452 valence electrons. The van der Waals surface area contributed by atoms with E-state index in [1.165, 1.54) is 105 Å². The normalized spacial score (nSPS) is 22.4. The van der Waals surface area contributed by atoms with Crippen molar-refractivity contribution >= 4 is 33.6 Å². The van der Waals surface area contributed by atoms with Crippen LogP contribution < -0.4 is 9.47 Å². The summed E-state index contributed by atoms with van der Waals surface area (Å²) < 4.78 is 96.3. The summed E-state index contributed by atoms with van der Waals surface area (Å²) in [5.41, 5.74) is 3.03. The van der Waals surface area contributed by atoms with E-state index in [1.54, 1.807) is 4.90 Å². The smallest absolute Gasteiger partial charge is 0.416 e. The van der Waals surface area contributed by atoms with E-state index in [1.807, 2.05) is 32.9 Å². The molecule has 4 aromatic carbocycles. The van der Waals surface area contributed by atoms with Gasteiger partial charge in [0.25, 0.3) is 0 Å². The number of amides is 1. The fourth-order valence-electron chi connectivity index (χ4n) is 12.9. The molecule has 4 unspecified atom stereocenters. The molecule has 1 amide bonds. The number of hydrogen-bond donors (Lipinski definition) is 0. The number of nitrogens with zero attached hydrogens (tertiary/aromatic N) is 4. The first kappa shape index (κ1) is 64.0. The Morgan fingerprint density at radius 1 is 0.561 bits per heavy atom. The van der Waals surface area contributed by atoms with Gasteiger partial charge in [0.1, 0.15) is 29.3 Å². The number of carbonyl (C=O) groups is 1. The molecule has 4 saturated heterocycles. The Bertz CT molecular complexity index is 2560. The van der Waals surface area contributed by atoms with Crippen molar-refractivity contribution in [2.75, 3.05) is 77.3 Å². The number of rotatable bonds is 15. The van der Waals surface area contributed by atoms with Crippen LogP contribution in [-0.2, 0) is 27.9 Å². The van der Waals surface area contributed by atoms with Crippen LogP contribution in [0.15, 0.2) is 97.1 Å². The van der Waals surface area contributed by atoms with Gasteiger partial charge in [-0.2, -0.15) is 26.3 Å². The van der Waals surface area contributed by atoms with Crippen LogP contribution in [0.1, 0.15) is 151 Å². The van der Waals surface area contributed by atoms with Crippen molar-refractivity contribution in [3.63, 3.8) is 0 Å². The van der Waals surface area contributed by atoms with Crippen LogP contribution in [0.5, 0.6) is 11.5 Å². The lowest BCUT2D eigenvalue weighted by Gasteiger charge is -2.48. The topological polar surface area (TPSA) is 57.7 Å². The Hall–Kier alpha value is -4.02. The second-order valence-electron chi connectivity index (χ2n) is 25.3. The Balaban J connectivity index is 0.000000177. The summed E-state index contributed by atoms with van der Waals surface area (Å²) in [6, 6.07) is 27.5. The molecule has 16 heteroatoms. The summed E-state index contributed by atoms with van der Waals surface area (Å²) in [7, 11) is 0. The first-order valence-electron chi connectivity index (χ1n) is 30.3. The van der Waals surface area contributed by atoms with Crippen LogP contribution in [0.2, 0.25) is 5.02 Å². The average molecular weight is 1230 g/mol. The molecule has 2 saturated carbocycles. The third kappa shape index (κ3) is 18.3. The Morgan fingerprint density at radius 2 is 0.988 bits per heavy atom. The van der Waals surface area contributed by atoms with Gasteiger partial charge in [-0.1, -0.05) is 95.2 Å². The van der Waals surface area contributed by atoms with Gasteiger partial charge in [-0.25, -0.2) is 4.79 Å². The fourth-order valence-corrected chi connectivity index (χ4v) is 13.9. The fraction of sp³-hybridized carbons (Fsp3) is 0.621. The molecular formula is C66H88BrClF6N4O4. The quantitative estimate of drug-likeness (QED) is 0.0868. The molecule has 0 N–H and O–H groups in total. The number of ether oxygens (including phenoxy) is 3. The molecule has 4 heterocycles. The van der Waals surface area contributed by atoms with Gasteiger partial charge in [-0.3, -0.25) is 9.80 Å². The molecule has 8 nitrogen and oxygen atoms in total. The van der Waals surface area contributed by atoms with Gasteiger partial charge in [-0.05, 0) is 209 Å². The van der Waals surface area contributed by atoms with Crippen molar-refractivity contribution in [1.82, 2.24) is 19.6 Å². The zero-order valence-electron chi connectivity index (χ0n) is 48.8. The van der Waals surface area contributed by atoms with E-state index in [0.29, 0.717) is 42.5 Å². The zero-order chi connectivity index (χ0) is 58.5. The number of alkyl halides is 7. The van der Waals surface area contributed by atoms with Crippen molar-refractivity contribution in [3.05, 3.63) is 130 Å². The maximum atomic E-state index is 13.1. The highest BCUT2D eigenvalue weighted by molar-refractivity contribution is 9.09. The molecule has 0 bridgehead atoms. The summed E-state index contributed by atoms with van der Waals surface area (Å²) >= 11 is 9.80. The summed E-state index contributed by atoms with van der Waals surface area (Å²) in [5.74, 6) is 1.39. The van der Waals surface area contributed by atoms with E-state index < -0.39 is 29.1 Å².